The topological polar surface area (TPSA) is 52.0 Å². The molecule has 2 nitrogen and oxygen atoms in total. The van der Waals surface area contributed by atoms with Crippen molar-refractivity contribution in [2.24, 2.45) is 22.3 Å². The van der Waals surface area contributed by atoms with Crippen molar-refractivity contribution in [3.63, 3.8) is 0 Å². The second-order valence-electron chi connectivity index (χ2n) is 6.91. The van der Waals surface area contributed by atoms with Crippen molar-refractivity contribution in [1.82, 2.24) is 0 Å². The van der Waals surface area contributed by atoms with Gasteiger partial charge in [0.1, 0.15) is 0 Å². The Kier molecular flexibility index (Phi) is 3.12. The van der Waals surface area contributed by atoms with Crippen molar-refractivity contribution in [1.29, 1.82) is 0 Å². The van der Waals surface area contributed by atoms with Gasteiger partial charge in [-0.25, -0.2) is 0 Å². The molecule has 0 aliphatic heterocycles. The number of allylic oxidation sites excluding steroid dienone is 2. The summed E-state index contributed by atoms with van der Waals surface area (Å²) in [7, 11) is 0. The predicted octanol–water partition coefficient (Wildman–Crippen LogP) is 2.60. The monoisotopic (exact) mass is 222 g/mol. The fourth-order valence-electron chi connectivity index (χ4n) is 1.98. The largest absolute Gasteiger partial charge is 0.323 e. The number of rotatable bonds is 0. The van der Waals surface area contributed by atoms with Gasteiger partial charge in [-0.15, -0.1) is 0 Å². The Morgan fingerprint density at radius 3 is 1.94 bits per heavy atom. The zero-order valence-electron chi connectivity index (χ0n) is 11.5. The van der Waals surface area contributed by atoms with E-state index < -0.39 is 5.54 Å². The minimum absolute atomic E-state index is 0.0389. The van der Waals surface area contributed by atoms with E-state index in [1.54, 1.807) is 0 Å². The van der Waals surface area contributed by atoms with Gasteiger partial charge in [0, 0.05) is 6.04 Å². The van der Waals surface area contributed by atoms with Crippen molar-refractivity contribution in [3.05, 3.63) is 23.8 Å². The maximum absolute atomic E-state index is 6.43. The first-order chi connectivity index (χ1) is 6.98. The Morgan fingerprint density at radius 1 is 1.12 bits per heavy atom. The second-order valence-corrected chi connectivity index (χ2v) is 6.91. The molecule has 1 rings (SSSR count). The van der Waals surface area contributed by atoms with Crippen LogP contribution in [0, 0.1) is 10.8 Å². The molecular weight excluding hydrogens is 196 g/mol. The number of nitrogens with two attached hydrogens (primary N) is 2. The van der Waals surface area contributed by atoms with Crippen molar-refractivity contribution in [2.45, 2.75) is 53.1 Å². The van der Waals surface area contributed by atoms with Crippen LogP contribution >= 0.6 is 0 Å². The Labute approximate surface area is 99.8 Å². The molecule has 2 heteroatoms. The molecule has 2 unspecified atom stereocenters. The molecule has 0 spiro atoms. The standard InChI is InChI=1S/C14H26N2/c1-12(2,3)10-7-8-14(16,11(15)9-10)13(4,5)6/h7-9,11H,15-16H2,1-6H3. The van der Waals surface area contributed by atoms with Crippen molar-refractivity contribution in [2.75, 3.05) is 0 Å². The van der Waals surface area contributed by atoms with Crippen LogP contribution in [-0.2, 0) is 0 Å². The zero-order valence-corrected chi connectivity index (χ0v) is 11.5. The van der Waals surface area contributed by atoms with E-state index in [4.69, 9.17) is 11.5 Å². The second kappa shape index (κ2) is 3.71. The third-order valence-electron chi connectivity index (χ3n) is 3.61. The van der Waals surface area contributed by atoms with Gasteiger partial charge in [-0.1, -0.05) is 59.8 Å². The summed E-state index contributed by atoms with van der Waals surface area (Å²) in [5, 5.41) is 0. The van der Waals surface area contributed by atoms with E-state index in [9.17, 15) is 0 Å². The lowest BCUT2D eigenvalue weighted by Crippen LogP contribution is -2.62. The lowest BCUT2D eigenvalue weighted by molar-refractivity contribution is 0.218. The molecule has 1 aliphatic rings. The van der Waals surface area contributed by atoms with Gasteiger partial charge in [0.25, 0.3) is 0 Å². The Hall–Kier alpha value is -0.600. The summed E-state index contributed by atoms with van der Waals surface area (Å²) in [4.78, 5) is 0. The fraction of sp³-hybridized carbons (Fsp3) is 0.714. The van der Waals surface area contributed by atoms with Crippen LogP contribution < -0.4 is 11.5 Å². The quantitative estimate of drug-likeness (QED) is 0.662. The summed E-state index contributed by atoms with van der Waals surface area (Å²) in [6.45, 7) is 13.0. The van der Waals surface area contributed by atoms with Gasteiger partial charge in [-0.3, -0.25) is 0 Å². The first-order valence-corrected chi connectivity index (χ1v) is 5.94. The van der Waals surface area contributed by atoms with Gasteiger partial charge >= 0.3 is 0 Å². The molecule has 16 heavy (non-hydrogen) atoms. The average Bonchev–Trinajstić information content (AvgIpc) is 2.05. The first kappa shape index (κ1) is 13.5. The van der Waals surface area contributed by atoms with Crippen LogP contribution in [0.4, 0.5) is 0 Å². The summed E-state index contributed by atoms with van der Waals surface area (Å²) in [6.07, 6.45) is 6.33. The molecular formula is C14H26N2. The van der Waals surface area contributed by atoms with Gasteiger partial charge < -0.3 is 11.5 Å². The van der Waals surface area contributed by atoms with Crippen molar-refractivity contribution < 1.29 is 0 Å². The first-order valence-electron chi connectivity index (χ1n) is 5.94. The molecule has 0 aromatic carbocycles. The molecule has 0 radical (unpaired) electrons. The Bertz CT molecular complexity index is 326. The molecule has 0 saturated carbocycles. The molecule has 0 aromatic heterocycles. The van der Waals surface area contributed by atoms with Gasteiger partial charge in [0.2, 0.25) is 0 Å². The third kappa shape index (κ3) is 2.23. The minimum Gasteiger partial charge on any atom is -0.323 e. The highest BCUT2D eigenvalue weighted by molar-refractivity contribution is 5.38. The highest BCUT2D eigenvalue weighted by Gasteiger charge is 2.42. The van der Waals surface area contributed by atoms with Crippen molar-refractivity contribution in [3.8, 4) is 0 Å². The van der Waals surface area contributed by atoms with Crippen LogP contribution in [0.2, 0.25) is 0 Å². The van der Waals surface area contributed by atoms with E-state index in [0.717, 1.165) is 0 Å². The van der Waals surface area contributed by atoms with Crippen molar-refractivity contribution >= 4 is 0 Å². The molecule has 1 aliphatic carbocycles. The SMILES string of the molecule is CC(C)(C)C1=CC(N)C(N)(C(C)(C)C)C=C1. The summed E-state index contributed by atoms with van der Waals surface area (Å²) < 4.78 is 0. The predicted molar refractivity (Wildman–Crippen MR) is 71.0 cm³/mol. The lowest BCUT2D eigenvalue weighted by Gasteiger charge is -2.45. The van der Waals surface area contributed by atoms with E-state index in [2.05, 4.69) is 59.8 Å². The maximum atomic E-state index is 6.43. The van der Waals surface area contributed by atoms with Crippen LogP contribution in [-0.4, -0.2) is 11.6 Å². The Morgan fingerprint density at radius 2 is 1.62 bits per heavy atom. The zero-order chi connectivity index (χ0) is 12.8. The maximum Gasteiger partial charge on any atom is 0.0581 e. The van der Waals surface area contributed by atoms with Gasteiger partial charge in [0.05, 0.1) is 5.54 Å². The van der Waals surface area contributed by atoms with Crippen LogP contribution in [0.1, 0.15) is 41.5 Å². The van der Waals surface area contributed by atoms with Crippen LogP contribution in [0.3, 0.4) is 0 Å². The summed E-state index contributed by atoms with van der Waals surface area (Å²) in [5.74, 6) is 0. The summed E-state index contributed by atoms with van der Waals surface area (Å²) in [5.41, 5.74) is 13.6. The summed E-state index contributed by atoms with van der Waals surface area (Å²) in [6, 6.07) is -0.119. The molecule has 0 fully saturated rings. The van der Waals surface area contributed by atoms with Crippen LogP contribution in [0.5, 0.6) is 0 Å². The van der Waals surface area contributed by atoms with Crippen LogP contribution in [0.25, 0.3) is 0 Å². The molecule has 4 N–H and O–H groups in total. The normalized spacial score (nSPS) is 31.5. The highest BCUT2D eigenvalue weighted by atomic mass is 14.9. The number of hydrogen-bond donors (Lipinski definition) is 2. The Balaban J connectivity index is 3.07. The number of hydrogen-bond acceptors (Lipinski definition) is 2. The van der Waals surface area contributed by atoms with Gasteiger partial charge in [0.15, 0.2) is 0 Å². The van der Waals surface area contributed by atoms with E-state index >= 15 is 0 Å². The summed E-state index contributed by atoms with van der Waals surface area (Å²) >= 11 is 0. The molecule has 0 aromatic rings. The fourth-order valence-corrected chi connectivity index (χ4v) is 1.98. The third-order valence-corrected chi connectivity index (χ3v) is 3.61. The van der Waals surface area contributed by atoms with E-state index in [1.165, 1.54) is 5.57 Å². The smallest absolute Gasteiger partial charge is 0.0581 e. The molecule has 0 amide bonds. The van der Waals surface area contributed by atoms with E-state index in [0.29, 0.717) is 0 Å². The minimum atomic E-state index is -0.457. The molecule has 2 atom stereocenters. The average molecular weight is 222 g/mol. The molecule has 0 bridgehead atoms. The van der Waals surface area contributed by atoms with Gasteiger partial charge in [-0.2, -0.15) is 0 Å². The molecule has 92 valence electrons. The van der Waals surface area contributed by atoms with Gasteiger partial charge in [-0.05, 0) is 16.4 Å². The molecule has 0 saturated heterocycles. The lowest BCUT2D eigenvalue weighted by atomic mass is 9.66. The highest BCUT2D eigenvalue weighted by Crippen LogP contribution is 2.38. The van der Waals surface area contributed by atoms with E-state index in [-0.39, 0.29) is 16.9 Å². The van der Waals surface area contributed by atoms with E-state index in [1.807, 2.05) is 0 Å². The van der Waals surface area contributed by atoms with Crippen LogP contribution in [0.15, 0.2) is 23.8 Å². The molecule has 0 heterocycles.